The van der Waals surface area contributed by atoms with Crippen LogP contribution in [0.1, 0.15) is 48.9 Å². The maximum absolute atomic E-state index is 12.9. The fourth-order valence-corrected chi connectivity index (χ4v) is 5.11. The third-order valence-corrected chi connectivity index (χ3v) is 7.16. The van der Waals surface area contributed by atoms with Gasteiger partial charge in [0, 0.05) is 31.2 Å². The molecule has 146 valence electrons. The molecule has 0 bridgehead atoms. The lowest BCUT2D eigenvalue weighted by molar-refractivity contribution is 0.0940. The molecule has 0 radical (unpaired) electrons. The average Bonchev–Trinajstić information content (AvgIpc) is 3.15. The van der Waals surface area contributed by atoms with Crippen molar-refractivity contribution < 1.29 is 13.2 Å². The van der Waals surface area contributed by atoms with Crippen LogP contribution in [0.15, 0.2) is 29.2 Å². The first-order chi connectivity index (χ1) is 12.0. The molecular weight excluding hydrogens is 374 g/mol. The van der Waals surface area contributed by atoms with E-state index in [4.69, 9.17) is 0 Å². The molecular formula is C18H28ClN3O3S. The van der Waals surface area contributed by atoms with Gasteiger partial charge in [-0.3, -0.25) is 4.79 Å². The van der Waals surface area contributed by atoms with Gasteiger partial charge in [0.2, 0.25) is 10.0 Å². The molecule has 1 unspecified atom stereocenters. The number of sulfonamides is 1. The van der Waals surface area contributed by atoms with Crippen LogP contribution >= 0.6 is 12.4 Å². The van der Waals surface area contributed by atoms with Crippen molar-refractivity contribution in [2.75, 3.05) is 20.1 Å². The number of rotatable bonds is 5. The number of nitrogens with zero attached hydrogens (tertiary/aromatic N) is 1. The fourth-order valence-electron chi connectivity index (χ4n) is 3.65. The molecule has 1 atom stereocenters. The normalized spacial score (nSPS) is 21.4. The molecule has 1 aliphatic carbocycles. The van der Waals surface area contributed by atoms with Crippen molar-refractivity contribution in [1.82, 2.24) is 14.9 Å². The number of carbonyl (C=O) groups excluding carboxylic acids is 1. The van der Waals surface area contributed by atoms with Gasteiger partial charge < -0.3 is 10.6 Å². The molecule has 3 rings (SSSR count). The van der Waals surface area contributed by atoms with Crippen LogP contribution in [0.3, 0.4) is 0 Å². The minimum atomic E-state index is -3.58. The summed E-state index contributed by atoms with van der Waals surface area (Å²) in [7, 11) is -1.93. The molecule has 1 aromatic carbocycles. The minimum absolute atomic E-state index is 0. The van der Waals surface area contributed by atoms with Crippen LogP contribution < -0.4 is 10.6 Å². The maximum Gasteiger partial charge on any atom is 0.251 e. The van der Waals surface area contributed by atoms with Gasteiger partial charge in [0.15, 0.2) is 0 Å². The van der Waals surface area contributed by atoms with Gasteiger partial charge in [-0.25, -0.2) is 8.42 Å². The van der Waals surface area contributed by atoms with E-state index in [1.807, 2.05) is 0 Å². The molecule has 1 amide bonds. The first-order valence-corrected chi connectivity index (χ1v) is 10.5. The Kier molecular flexibility index (Phi) is 7.46. The Labute approximate surface area is 162 Å². The van der Waals surface area contributed by atoms with Gasteiger partial charge in [-0.05, 0) is 44.0 Å². The lowest BCUT2D eigenvalue weighted by atomic mass is 9.96. The van der Waals surface area contributed by atoms with Gasteiger partial charge in [0.1, 0.15) is 0 Å². The predicted molar refractivity (Wildman–Crippen MR) is 104 cm³/mol. The summed E-state index contributed by atoms with van der Waals surface area (Å²) >= 11 is 0. The van der Waals surface area contributed by atoms with Crippen LogP contribution in [0, 0.1) is 0 Å². The molecule has 0 aromatic heterocycles. The lowest BCUT2D eigenvalue weighted by Crippen LogP contribution is -2.38. The number of benzene rings is 1. The zero-order valence-electron chi connectivity index (χ0n) is 15.1. The zero-order valence-corrected chi connectivity index (χ0v) is 16.7. The van der Waals surface area contributed by atoms with E-state index in [-0.39, 0.29) is 35.3 Å². The Morgan fingerprint density at radius 2 is 1.92 bits per heavy atom. The van der Waals surface area contributed by atoms with Crippen LogP contribution in [-0.4, -0.2) is 50.9 Å². The number of nitrogens with one attached hydrogen (secondary N) is 2. The van der Waals surface area contributed by atoms with E-state index in [9.17, 15) is 13.2 Å². The second-order valence-corrected chi connectivity index (χ2v) is 9.00. The molecule has 2 N–H and O–H groups in total. The monoisotopic (exact) mass is 401 g/mol. The Hall–Kier alpha value is -1.15. The van der Waals surface area contributed by atoms with Gasteiger partial charge in [-0.1, -0.05) is 25.3 Å². The van der Waals surface area contributed by atoms with E-state index in [1.165, 1.54) is 16.8 Å². The Bertz CT molecular complexity index is 714. The minimum Gasteiger partial charge on any atom is -0.348 e. The number of hydrogen-bond donors (Lipinski definition) is 2. The summed E-state index contributed by atoms with van der Waals surface area (Å²) in [5.41, 5.74) is 0.394. The Morgan fingerprint density at radius 1 is 1.19 bits per heavy atom. The standard InChI is InChI=1S/C18H27N3O3S.ClH/c1-21(16-7-3-2-4-8-16)25(23,24)17-9-5-6-14(12-17)18(22)20-15-10-11-19-13-15;/h5-6,9,12,15-16,19H,2-4,7-8,10-11,13H2,1H3,(H,20,22);1H. The van der Waals surface area contributed by atoms with Gasteiger partial charge in [-0.15, -0.1) is 12.4 Å². The fraction of sp³-hybridized carbons (Fsp3) is 0.611. The highest BCUT2D eigenvalue weighted by Gasteiger charge is 2.29. The summed E-state index contributed by atoms with van der Waals surface area (Å²) < 4.78 is 27.4. The van der Waals surface area contributed by atoms with Crippen molar-refractivity contribution in [1.29, 1.82) is 0 Å². The summed E-state index contributed by atoms with van der Waals surface area (Å²) in [4.78, 5) is 12.6. The summed E-state index contributed by atoms with van der Waals surface area (Å²) in [6.45, 7) is 1.65. The van der Waals surface area contributed by atoms with E-state index < -0.39 is 10.0 Å². The topological polar surface area (TPSA) is 78.5 Å². The number of hydrogen-bond acceptors (Lipinski definition) is 4. The van der Waals surface area contributed by atoms with Crippen LogP contribution in [-0.2, 0) is 10.0 Å². The SMILES string of the molecule is CN(C1CCCCC1)S(=O)(=O)c1cccc(C(=O)NC2CCNC2)c1.Cl. The third kappa shape index (κ3) is 4.76. The molecule has 1 heterocycles. The zero-order chi connectivity index (χ0) is 17.9. The molecule has 8 heteroatoms. The predicted octanol–water partition coefficient (Wildman–Crippen LogP) is 2.15. The molecule has 26 heavy (non-hydrogen) atoms. The summed E-state index contributed by atoms with van der Waals surface area (Å²) in [6, 6.07) is 6.54. The molecule has 2 fully saturated rings. The van der Waals surface area contributed by atoms with Crippen molar-refractivity contribution in [3.63, 3.8) is 0 Å². The highest BCUT2D eigenvalue weighted by atomic mass is 35.5. The Morgan fingerprint density at radius 3 is 2.58 bits per heavy atom. The molecule has 0 spiro atoms. The molecule has 2 aliphatic rings. The van der Waals surface area contributed by atoms with Gasteiger partial charge >= 0.3 is 0 Å². The van der Waals surface area contributed by atoms with Crippen LogP contribution in [0.4, 0.5) is 0 Å². The van der Waals surface area contributed by atoms with Crippen molar-refractivity contribution in [3.8, 4) is 0 Å². The molecule has 1 saturated carbocycles. The first kappa shape index (κ1) is 21.2. The molecule has 1 aromatic rings. The highest BCUT2D eigenvalue weighted by Crippen LogP contribution is 2.26. The average molecular weight is 402 g/mol. The van der Waals surface area contributed by atoms with Crippen molar-refractivity contribution in [2.45, 2.75) is 55.5 Å². The van der Waals surface area contributed by atoms with E-state index in [1.54, 1.807) is 25.2 Å². The largest absolute Gasteiger partial charge is 0.348 e. The molecule has 1 aliphatic heterocycles. The van der Waals surface area contributed by atoms with E-state index >= 15 is 0 Å². The van der Waals surface area contributed by atoms with E-state index in [0.29, 0.717) is 5.56 Å². The molecule has 1 saturated heterocycles. The van der Waals surface area contributed by atoms with Crippen LogP contribution in [0.25, 0.3) is 0 Å². The smallest absolute Gasteiger partial charge is 0.251 e. The lowest BCUT2D eigenvalue weighted by Gasteiger charge is -2.30. The van der Waals surface area contributed by atoms with Crippen LogP contribution in [0.5, 0.6) is 0 Å². The summed E-state index contributed by atoms with van der Waals surface area (Å²) in [5, 5.41) is 6.16. The van der Waals surface area contributed by atoms with Gasteiger partial charge in [0.25, 0.3) is 5.91 Å². The number of amides is 1. The second-order valence-electron chi connectivity index (χ2n) is 7.00. The van der Waals surface area contributed by atoms with E-state index in [0.717, 1.165) is 45.2 Å². The van der Waals surface area contributed by atoms with E-state index in [2.05, 4.69) is 10.6 Å². The second kappa shape index (κ2) is 9.17. The van der Waals surface area contributed by atoms with Crippen LogP contribution in [0.2, 0.25) is 0 Å². The van der Waals surface area contributed by atoms with Gasteiger partial charge in [-0.2, -0.15) is 4.31 Å². The Balaban J connectivity index is 0.00000243. The van der Waals surface area contributed by atoms with Gasteiger partial charge in [0.05, 0.1) is 4.90 Å². The quantitative estimate of drug-likeness (QED) is 0.792. The summed E-state index contributed by atoms with van der Waals surface area (Å²) in [6.07, 6.45) is 6.03. The summed E-state index contributed by atoms with van der Waals surface area (Å²) in [5.74, 6) is -0.217. The maximum atomic E-state index is 12.9. The van der Waals surface area contributed by atoms with Crippen molar-refractivity contribution in [3.05, 3.63) is 29.8 Å². The third-order valence-electron chi connectivity index (χ3n) is 5.26. The molecule has 6 nitrogen and oxygen atoms in total. The number of carbonyl (C=O) groups is 1. The van der Waals surface area contributed by atoms with Crippen molar-refractivity contribution >= 4 is 28.3 Å². The highest BCUT2D eigenvalue weighted by molar-refractivity contribution is 7.89. The first-order valence-electron chi connectivity index (χ1n) is 9.08. The number of halogens is 1. The van der Waals surface area contributed by atoms with Crippen molar-refractivity contribution in [2.24, 2.45) is 0 Å².